The molecule has 130 valence electrons. The van der Waals surface area contributed by atoms with Crippen LogP contribution in [0.15, 0.2) is 46.8 Å². The van der Waals surface area contributed by atoms with E-state index in [-0.39, 0.29) is 6.54 Å². The topological polar surface area (TPSA) is 47.9 Å². The third-order valence-corrected chi connectivity index (χ3v) is 4.93. The number of aliphatic hydroxyl groups excluding tert-OH is 1. The summed E-state index contributed by atoms with van der Waals surface area (Å²) in [4.78, 5) is 8.00. The number of benzene rings is 1. The number of nitrogens with zero attached hydrogens (tertiary/aromatic N) is 2. The molecule has 0 aliphatic carbocycles. The van der Waals surface area contributed by atoms with E-state index >= 15 is 0 Å². The second kappa shape index (κ2) is 9.67. The molecule has 2 N–H and O–H groups in total. The summed E-state index contributed by atoms with van der Waals surface area (Å²) in [7, 11) is 2.01. The first-order chi connectivity index (χ1) is 11.6. The molecule has 6 heteroatoms. The van der Waals surface area contributed by atoms with Gasteiger partial charge in [0.2, 0.25) is 0 Å². The lowest BCUT2D eigenvalue weighted by Gasteiger charge is -2.22. The number of guanidine groups is 1. The van der Waals surface area contributed by atoms with Crippen LogP contribution in [-0.2, 0) is 6.42 Å². The Kier molecular flexibility index (Phi) is 7.56. The van der Waals surface area contributed by atoms with Gasteiger partial charge in [0.05, 0.1) is 6.54 Å². The molecule has 1 aromatic heterocycles. The van der Waals surface area contributed by atoms with Crippen molar-refractivity contribution in [3.63, 3.8) is 0 Å². The van der Waals surface area contributed by atoms with Crippen molar-refractivity contribution in [1.82, 2.24) is 10.2 Å². The van der Waals surface area contributed by atoms with E-state index in [1.54, 1.807) is 17.4 Å². The maximum atomic E-state index is 10.3. The van der Waals surface area contributed by atoms with E-state index in [9.17, 15) is 5.11 Å². The third kappa shape index (κ3) is 5.51. The molecule has 1 aromatic carbocycles. The minimum Gasteiger partial charge on any atom is -0.386 e. The second-order valence-corrected chi connectivity index (χ2v) is 6.92. The Morgan fingerprint density at radius 1 is 1.33 bits per heavy atom. The van der Waals surface area contributed by atoms with Crippen LogP contribution in [0, 0.1) is 0 Å². The number of aliphatic imine (C=N–C) groups is 1. The fourth-order valence-corrected chi connectivity index (χ4v) is 3.28. The van der Waals surface area contributed by atoms with Gasteiger partial charge in [-0.25, -0.2) is 0 Å². The molecule has 0 saturated heterocycles. The van der Waals surface area contributed by atoms with Crippen LogP contribution >= 0.6 is 22.9 Å². The molecule has 24 heavy (non-hydrogen) atoms. The van der Waals surface area contributed by atoms with Crippen molar-refractivity contribution < 1.29 is 5.11 Å². The third-order valence-electron chi connectivity index (χ3n) is 3.65. The van der Waals surface area contributed by atoms with Gasteiger partial charge in [-0.05, 0) is 30.9 Å². The van der Waals surface area contributed by atoms with Crippen LogP contribution in [0.2, 0.25) is 5.02 Å². The lowest BCUT2D eigenvalue weighted by molar-refractivity contribution is 0.187. The Hall–Kier alpha value is -1.56. The van der Waals surface area contributed by atoms with E-state index in [4.69, 9.17) is 11.6 Å². The highest BCUT2D eigenvalue weighted by molar-refractivity contribution is 7.09. The predicted octanol–water partition coefficient (Wildman–Crippen LogP) is 3.57. The van der Waals surface area contributed by atoms with E-state index in [1.807, 2.05) is 32.2 Å². The average Bonchev–Trinajstić information content (AvgIpc) is 3.10. The van der Waals surface area contributed by atoms with E-state index in [0.29, 0.717) is 10.6 Å². The zero-order valence-electron chi connectivity index (χ0n) is 14.1. The number of nitrogens with one attached hydrogen (secondary N) is 1. The summed E-state index contributed by atoms with van der Waals surface area (Å²) in [5.41, 5.74) is 0.708. The van der Waals surface area contributed by atoms with Gasteiger partial charge in [0.15, 0.2) is 5.96 Å². The maximum Gasteiger partial charge on any atom is 0.193 e. The minimum atomic E-state index is -0.710. The van der Waals surface area contributed by atoms with Gasteiger partial charge in [-0.2, -0.15) is 0 Å². The molecular formula is C18H24ClN3OS. The number of hydrogen-bond donors (Lipinski definition) is 2. The van der Waals surface area contributed by atoms with Gasteiger partial charge in [-0.3, -0.25) is 4.99 Å². The van der Waals surface area contributed by atoms with Crippen LogP contribution < -0.4 is 5.32 Å². The summed E-state index contributed by atoms with van der Waals surface area (Å²) >= 11 is 7.90. The van der Waals surface area contributed by atoms with Crippen molar-refractivity contribution in [2.45, 2.75) is 19.4 Å². The second-order valence-electron chi connectivity index (χ2n) is 5.48. The summed E-state index contributed by atoms with van der Waals surface area (Å²) in [5, 5.41) is 16.3. The van der Waals surface area contributed by atoms with E-state index in [1.165, 1.54) is 4.88 Å². The highest BCUT2D eigenvalue weighted by atomic mass is 35.5. The van der Waals surface area contributed by atoms with Crippen LogP contribution in [0.3, 0.4) is 0 Å². The van der Waals surface area contributed by atoms with Gasteiger partial charge >= 0.3 is 0 Å². The first kappa shape index (κ1) is 18.8. The Morgan fingerprint density at radius 2 is 2.12 bits per heavy atom. The number of aliphatic hydroxyl groups is 1. The Labute approximate surface area is 152 Å². The molecule has 0 fully saturated rings. The van der Waals surface area contributed by atoms with E-state index < -0.39 is 6.10 Å². The molecule has 0 aliphatic heterocycles. The molecule has 1 atom stereocenters. The van der Waals surface area contributed by atoms with Crippen LogP contribution in [0.1, 0.15) is 23.5 Å². The van der Waals surface area contributed by atoms with E-state index in [2.05, 4.69) is 32.7 Å². The number of likely N-dealkylation sites (N-methyl/N-ethyl adjacent to an activating group) is 1. The number of rotatable bonds is 7. The molecule has 0 bridgehead atoms. The number of thiophene rings is 1. The molecule has 0 radical (unpaired) electrons. The first-order valence-corrected chi connectivity index (χ1v) is 9.32. The van der Waals surface area contributed by atoms with Gasteiger partial charge in [0.1, 0.15) is 6.10 Å². The molecule has 4 nitrogen and oxygen atoms in total. The van der Waals surface area contributed by atoms with Crippen LogP contribution in [0.4, 0.5) is 0 Å². The van der Waals surface area contributed by atoms with Crippen molar-refractivity contribution in [3.05, 3.63) is 57.2 Å². The Morgan fingerprint density at radius 3 is 2.79 bits per heavy atom. The fraction of sp³-hybridized carbons (Fsp3) is 0.389. The first-order valence-electron chi connectivity index (χ1n) is 8.06. The summed E-state index contributed by atoms with van der Waals surface area (Å²) < 4.78 is 0. The highest BCUT2D eigenvalue weighted by Gasteiger charge is 2.12. The fourth-order valence-electron chi connectivity index (χ4n) is 2.32. The molecule has 1 heterocycles. The molecule has 2 aromatic rings. The smallest absolute Gasteiger partial charge is 0.193 e. The molecule has 1 unspecified atom stereocenters. The summed E-state index contributed by atoms with van der Waals surface area (Å²) in [6, 6.07) is 11.5. The number of halogens is 1. The van der Waals surface area contributed by atoms with E-state index in [0.717, 1.165) is 25.5 Å². The molecule has 0 saturated carbocycles. The van der Waals surface area contributed by atoms with Crippen LogP contribution in [0.5, 0.6) is 0 Å². The standard InChI is InChI=1S/C18H24ClN3OS/c1-3-20-18(22(2)11-10-14-7-6-12-24-14)21-13-17(23)15-8-4-5-9-16(15)19/h4-9,12,17,23H,3,10-11,13H2,1-2H3,(H,20,21). The molecule has 0 aliphatic rings. The van der Waals surface area contributed by atoms with Crippen molar-refractivity contribution in [2.75, 3.05) is 26.7 Å². The quantitative estimate of drug-likeness (QED) is 0.582. The largest absolute Gasteiger partial charge is 0.386 e. The minimum absolute atomic E-state index is 0.273. The lowest BCUT2D eigenvalue weighted by atomic mass is 10.1. The summed E-state index contributed by atoms with van der Waals surface area (Å²) in [6.07, 6.45) is 0.268. The summed E-state index contributed by atoms with van der Waals surface area (Å²) in [5.74, 6) is 0.792. The predicted molar refractivity (Wildman–Crippen MR) is 103 cm³/mol. The molecular weight excluding hydrogens is 342 g/mol. The zero-order valence-corrected chi connectivity index (χ0v) is 15.6. The van der Waals surface area contributed by atoms with Gasteiger partial charge < -0.3 is 15.3 Å². The van der Waals surface area contributed by atoms with Gasteiger partial charge in [0, 0.05) is 35.6 Å². The van der Waals surface area contributed by atoms with Crippen LogP contribution in [-0.4, -0.2) is 42.6 Å². The summed E-state index contributed by atoms with van der Waals surface area (Å²) in [6.45, 7) is 3.96. The lowest BCUT2D eigenvalue weighted by Crippen LogP contribution is -2.40. The van der Waals surface area contributed by atoms with Crippen molar-refractivity contribution >= 4 is 28.9 Å². The van der Waals surface area contributed by atoms with Gasteiger partial charge in [-0.1, -0.05) is 35.9 Å². The molecule has 0 amide bonds. The molecule has 0 spiro atoms. The molecule has 2 rings (SSSR count). The Bertz CT molecular complexity index is 645. The zero-order chi connectivity index (χ0) is 17.4. The van der Waals surface area contributed by atoms with Crippen LogP contribution in [0.25, 0.3) is 0 Å². The Balaban J connectivity index is 1.97. The van der Waals surface area contributed by atoms with Crippen molar-refractivity contribution in [2.24, 2.45) is 4.99 Å². The number of hydrogen-bond acceptors (Lipinski definition) is 3. The maximum absolute atomic E-state index is 10.3. The normalized spacial score (nSPS) is 12.9. The van der Waals surface area contributed by atoms with Gasteiger partial charge in [-0.15, -0.1) is 11.3 Å². The van der Waals surface area contributed by atoms with Crippen molar-refractivity contribution in [1.29, 1.82) is 0 Å². The highest BCUT2D eigenvalue weighted by Crippen LogP contribution is 2.22. The average molecular weight is 366 g/mol. The van der Waals surface area contributed by atoms with Gasteiger partial charge in [0.25, 0.3) is 0 Å². The van der Waals surface area contributed by atoms with Crippen molar-refractivity contribution in [3.8, 4) is 0 Å². The SMILES string of the molecule is CCNC(=NCC(O)c1ccccc1Cl)N(C)CCc1cccs1. The monoisotopic (exact) mass is 365 g/mol.